The number of hydrogen-bond acceptors (Lipinski definition) is 4. The molecule has 0 radical (unpaired) electrons. The Morgan fingerprint density at radius 3 is 2.86 bits per heavy atom. The minimum atomic E-state index is 0.179. The molecule has 1 atom stereocenters. The summed E-state index contributed by atoms with van der Waals surface area (Å²) in [7, 11) is 0. The Bertz CT molecular complexity index is 746. The van der Waals surface area contributed by atoms with E-state index in [0.29, 0.717) is 6.61 Å². The van der Waals surface area contributed by atoms with Crippen LogP contribution in [-0.2, 0) is 4.74 Å². The summed E-state index contributed by atoms with van der Waals surface area (Å²) in [4.78, 5) is 4.38. The van der Waals surface area contributed by atoms with E-state index in [0.717, 1.165) is 40.9 Å². The highest BCUT2D eigenvalue weighted by atomic mass is 16.5. The molecular weight excluding hydrogens is 266 g/mol. The van der Waals surface area contributed by atoms with Gasteiger partial charge in [-0.25, -0.2) is 0 Å². The molecule has 0 amide bonds. The van der Waals surface area contributed by atoms with Crippen molar-refractivity contribution >= 4 is 11.0 Å². The fourth-order valence-electron chi connectivity index (χ4n) is 2.51. The molecule has 4 rings (SSSR count). The summed E-state index contributed by atoms with van der Waals surface area (Å²) in [5, 5.41) is 6.93. The lowest BCUT2D eigenvalue weighted by Gasteiger charge is -2.12. The third kappa shape index (κ3) is 2.48. The van der Waals surface area contributed by atoms with Crippen LogP contribution in [-0.4, -0.2) is 34.5 Å². The molecule has 0 bridgehead atoms. The van der Waals surface area contributed by atoms with E-state index >= 15 is 0 Å². The molecular formula is C16H15N3O2. The molecule has 106 valence electrons. The fraction of sp³-hybridized carbons (Fsp3) is 0.250. The van der Waals surface area contributed by atoms with Gasteiger partial charge in [-0.2, -0.15) is 5.10 Å². The molecule has 0 aliphatic carbocycles. The zero-order valence-electron chi connectivity index (χ0n) is 11.5. The zero-order valence-corrected chi connectivity index (χ0v) is 11.5. The number of pyridine rings is 1. The largest absolute Gasteiger partial charge is 0.488 e. The Morgan fingerprint density at radius 1 is 1.14 bits per heavy atom. The predicted molar refractivity (Wildman–Crippen MR) is 79.2 cm³/mol. The van der Waals surface area contributed by atoms with Crippen molar-refractivity contribution in [3.63, 3.8) is 0 Å². The van der Waals surface area contributed by atoms with E-state index in [2.05, 4.69) is 21.2 Å². The molecule has 3 heterocycles. The lowest BCUT2D eigenvalue weighted by molar-refractivity contribution is 0.141. The molecule has 21 heavy (non-hydrogen) atoms. The third-order valence-electron chi connectivity index (χ3n) is 3.67. The highest BCUT2D eigenvalue weighted by molar-refractivity contribution is 5.79. The maximum absolute atomic E-state index is 5.87. The maximum Gasteiger partial charge on any atom is 0.124 e. The fourth-order valence-corrected chi connectivity index (χ4v) is 2.51. The van der Waals surface area contributed by atoms with E-state index in [4.69, 9.17) is 9.47 Å². The number of hydrogen-bond donors (Lipinski definition) is 1. The molecule has 1 unspecified atom stereocenters. The number of benzene rings is 1. The molecule has 3 aromatic rings. The average Bonchev–Trinajstić information content (AvgIpc) is 3.18. The molecule has 1 N–H and O–H groups in total. The second-order valence-corrected chi connectivity index (χ2v) is 5.15. The zero-order chi connectivity index (χ0) is 14.1. The second-order valence-electron chi connectivity index (χ2n) is 5.15. The first-order valence-corrected chi connectivity index (χ1v) is 7.02. The van der Waals surface area contributed by atoms with Crippen molar-refractivity contribution in [3.05, 3.63) is 42.7 Å². The lowest BCUT2D eigenvalue weighted by atomic mass is 10.1. The van der Waals surface area contributed by atoms with E-state index in [1.54, 1.807) is 6.20 Å². The van der Waals surface area contributed by atoms with Gasteiger partial charge in [0.25, 0.3) is 0 Å². The maximum atomic E-state index is 5.87. The number of fused-ring (bicyclic) bond motifs is 1. The van der Waals surface area contributed by atoms with Crippen LogP contribution in [0.1, 0.15) is 6.42 Å². The van der Waals surface area contributed by atoms with Crippen LogP contribution in [0.3, 0.4) is 0 Å². The smallest absolute Gasteiger partial charge is 0.124 e. The lowest BCUT2D eigenvalue weighted by Crippen LogP contribution is -2.15. The van der Waals surface area contributed by atoms with Crippen LogP contribution in [0.2, 0.25) is 0 Å². The molecule has 1 aliphatic heterocycles. The Balaban J connectivity index is 1.57. The molecule has 0 spiro atoms. The van der Waals surface area contributed by atoms with Crippen molar-refractivity contribution in [2.24, 2.45) is 0 Å². The molecule has 1 saturated heterocycles. The Kier molecular flexibility index (Phi) is 3.05. The van der Waals surface area contributed by atoms with Gasteiger partial charge in [0.2, 0.25) is 0 Å². The van der Waals surface area contributed by atoms with Crippen LogP contribution in [0.5, 0.6) is 5.75 Å². The van der Waals surface area contributed by atoms with Gasteiger partial charge >= 0.3 is 0 Å². The summed E-state index contributed by atoms with van der Waals surface area (Å²) in [5.41, 5.74) is 3.98. The summed E-state index contributed by atoms with van der Waals surface area (Å²) in [6, 6.07) is 10.1. The topological polar surface area (TPSA) is 60.0 Å². The number of H-pyrrole nitrogens is 1. The number of ether oxygens (including phenoxy) is 2. The van der Waals surface area contributed by atoms with Crippen molar-refractivity contribution in [3.8, 4) is 16.9 Å². The molecule has 1 aromatic carbocycles. The minimum Gasteiger partial charge on any atom is -0.488 e. The van der Waals surface area contributed by atoms with Gasteiger partial charge in [0.15, 0.2) is 0 Å². The number of aromatic nitrogens is 3. The molecule has 1 aliphatic rings. The van der Waals surface area contributed by atoms with Gasteiger partial charge < -0.3 is 9.47 Å². The van der Waals surface area contributed by atoms with Crippen LogP contribution in [0.15, 0.2) is 42.7 Å². The average molecular weight is 281 g/mol. The molecule has 5 nitrogen and oxygen atoms in total. The number of nitrogens with one attached hydrogen (secondary N) is 1. The van der Waals surface area contributed by atoms with E-state index in [9.17, 15) is 0 Å². The third-order valence-corrected chi connectivity index (χ3v) is 3.67. The first kappa shape index (κ1) is 12.3. The van der Waals surface area contributed by atoms with Crippen molar-refractivity contribution in [2.45, 2.75) is 12.5 Å². The molecule has 1 fully saturated rings. The van der Waals surface area contributed by atoms with Gasteiger partial charge in [0.05, 0.1) is 24.9 Å². The van der Waals surface area contributed by atoms with E-state index in [-0.39, 0.29) is 6.10 Å². The van der Waals surface area contributed by atoms with Crippen LogP contribution in [0.25, 0.3) is 22.2 Å². The van der Waals surface area contributed by atoms with E-state index in [1.807, 2.05) is 30.5 Å². The first-order chi connectivity index (χ1) is 10.4. The quantitative estimate of drug-likeness (QED) is 0.802. The second kappa shape index (κ2) is 5.18. The van der Waals surface area contributed by atoms with Crippen molar-refractivity contribution in [1.82, 2.24) is 15.2 Å². The Morgan fingerprint density at radius 2 is 2.05 bits per heavy atom. The van der Waals surface area contributed by atoms with Crippen molar-refractivity contribution in [2.75, 3.05) is 13.2 Å². The summed E-state index contributed by atoms with van der Waals surface area (Å²) < 4.78 is 11.2. The summed E-state index contributed by atoms with van der Waals surface area (Å²) in [5.74, 6) is 0.879. The number of aromatic amines is 1. The number of nitrogens with zero attached hydrogens (tertiary/aromatic N) is 2. The van der Waals surface area contributed by atoms with Crippen molar-refractivity contribution < 1.29 is 9.47 Å². The monoisotopic (exact) mass is 281 g/mol. The van der Waals surface area contributed by atoms with E-state index < -0.39 is 0 Å². The molecule has 2 aromatic heterocycles. The highest BCUT2D eigenvalue weighted by Gasteiger charge is 2.16. The van der Waals surface area contributed by atoms with Gasteiger partial charge in [-0.05, 0) is 23.8 Å². The van der Waals surface area contributed by atoms with Gasteiger partial charge in [-0.3, -0.25) is 10.1 Å². The highest BCUT2D eigenvalue weighted by Crippen LogP contribution is 2.25. The first-order valence-electron chi connectivity index (χ1n) is 7.02. The van der Waals surface area contributed by atoms with E-state index in [1.165, 1.54) is 0 Å². The van der Waals surface area contributed by atoms with Crippen LogP contribution in [0, 0.1) is 0 Å². The van der Waals surface area contributed by atoms with Crippen molar-refractivity contribution in [1.29, 1.82) is 0 Å². The van der Waals surface area contributed by atoms with Crippen LogP contribution in [0.4, 0.5) is 0 Å². The summed E-state index contributed by atoms with van der Waals surface area (Å²) >= 11 is 0. The SMILES string of the molecule is c1cc(-c2cnc3cn[nH]c3c2)ccc1OC1CCOC1. The molecule has 5 heteroatoms. The minimum absolute atomic E-state index is 0.179. The summed E-state index contributed by atoms with van der Waals surface area (Å²) in [6.45, 7) is 1.47. The van der Waals surface area contributed by atoms with Crippen LogP contribution >= 0.6 is 0 Å². The molecule has 0 saturated carbocycles. The van der Waals surface area contributed by atoms with Gasteiger partial charge in [0, 0.05) is 18.2 Å². The van der Waals surface area contributed by atoms with Gasteiger partial charge in [-0.1, -0.05) is 12.1 Å². The summed E-state index contributed by atoms with van der Waals surface area (Å²) in [6.07, 6.45) is 4.72. The normalized spacial score (nSPS) is 18.2. The van der Waals surface area contributed by atoms with Gasteiger partial charge in [-0.15, -0.1) is 0 Å². The standard InChI is InChI=1S/C16H15N3O2/c1-3-13(21-14-5-6-20-10-14)4-2-11(1)12-7-15-16(17-8-12)9-18-19-15/h1-4,7-9,14H,5-6,10H2,(H,18,19). The Hall–Kier alpha value is -2.40. The predicted octanol–water partition coefficient (Wildman–Crippen LogP) is 2.79. The van der Waals surface area contributed by atoms with Gasteiger partial charge in [0.1, 0.15) is 17.4 Å². The number of rotatable bonds is 3. The van der Waals surface area contributed by atoms with Crippen LogP contribution < -0.4 is 4.74 Å². The Labute approximate surface area is 121 Å².